The molecular formula is C11H8BrF2NO2S2. The van der Waals surface area contributed by atoms with Crippen LogP contribution in [0.2, 0.25) is 0 Å². The standard InChI is InChI=1S/C11H8BrF2NO2S2/c12-10-3-4-11(18-10)19(16,17)15-6-7-1-2-8(13)5-9(7)14/h1-5,15H,6H2. The number of benzene rings is 1. The first-order valence-corrected chi connectivity index (χ1v) is 8.17. The van der Waals surface area contributed by atoms with Crippen LogP contribution in [0.15, 0.2) is 38.3 Å². The second-order valence-corrected chi connectivity index (χ2v) is 8.08. The normalized spacial score (nSPS) is 11.7. The lowest BCUT2D eigenvalue weighted by Crippen LogP contribution is -2.22. The van der Waals surface area contributed by atoms with Crippen LogP contribution >= 0.6 is 27.3 Å². The highest BCUT2D eigenvalue weighted by atomic mass is 79.9. The molecule has 102 valence electrons. The maximum Gasteiger partial charge on any atom is 0.250 e. The Morgan fingerprint density at radius 3 is 2.53 bits per heavy atom. The Balaban J connectivity index is 2.14. The maximum absolute atomic E-state index is 13.4. The Morgan fingerprint density at radius 2 is 1.95 bits per heavy atom. The molecule has 8 heteroatoms. The van der Waals surface area contributed by atoms with Gasteiger partial charge in [0, 0.05) is 18.2 Å². The van der Waals surface area contributed by atoms with Gasteiger partial charge in [-0.05, 0) is 34.1 Å². The van der Waals surface area contributed by atoms with E-state index in [-0.39, 0.29) is 16.3 Å². The lowest BCUT2D eigenvalue weighted by Gasteiger charge is -2.06. The van der Waals surface area contributed by atoms with Crippen LogP contribution in [0.4, 0.5) is 8.78 Å². The number of nitrogens with one attached hydrogen (secondary N) is 1. The van der Waals surface area contributed by atoms with Gasteiger partial charge in [-0.1, -0.05) is 6.07 Å². The van der Waals surface area contributed by atoms with Gasteiger partial charge in [0.1, 0.15) is 15.8 Å². The summed E-state index contributed by atoms with van der Waals surface area (Å²) in [4.78, 5) is 0. The third kappa shape index (κ3) is 3.59. The SMILES string of the molecule is O=S(=O)(NCc1ccc(F)cc1F)c1ccc(Br)s1. The molecule has 0 fully saturated rings. The van der Waals surface area contributed by atoms with Crippen molar-refractivity contribution in [3.63, 3.8) is 0 Å². The van der Waals surface area contributed by atoms with Crippen molar-refractivity contribution in [2.24, 2.45) is 0 Å². The van der Waals surface area contributed by atoms with Gasteiger partial charge in [-0.3, -0.25) is 0 Å². The van der Waals surface area contributed by atoms with Crippen LogP contribution in [0, 0.1) is 11.6 Å². The van der Waals surface area contributed by atoms with Crippen molar-refractivity contribution in [2.45, 2.75) is 10.8 Å². The number of rotatable bonds is 4. The van der Waals surface area contributed by atoms with Gasteiger partial charge in [0.05, 0.1) is 3.79 Å². The summed E-state index contributed by atoms with van der Waals surface area (Å²) in [6.07, 6.45) is 0. The maximum atomic E-state index is 13.4. The average Bonchev–Trinajstić information content (AvgIpc) is 2.75. The molecule has 0 saturated heterocycles. The van der Waals surface area contributed by atoms with Gasteiger partial charge in [-0.2, -0.15) is 0 Å². The summed E-state index contributed by atoms with van der Waals surface area (Å²) >= 11 is 4.21. The highest BCUT2D eigenvalue weighted by Crippen LogP contribution is 2.26. The zero-order valence-electron chi connectivity index (χ0n) is 9.36. The fraction of sp³-hybridized carbons (Fsp3) is 0.0909. The summed E-state index contributed by atoms with van der Waals surface area (Å²) in [6.45, 7) is -0.232. The van der Waals surface area contributed by atoms with Crippen molar-refractivity contribution < 1.29 is 17.2 Å². The number of hydrogen-bond acceptors (Lipinski definition) is 3. The fourth-order valence-corrected chi connectivity index (χ4v) is 4.41. The predicted molar refractivity (Wildman–Crippen MR) is 72.4 cm³/mol. The molecule has 0 spiro atoms. The van der Waals surface area contributed by atoms with E-state index in [4.69, 9.17) is 0 Å². The molecule has 0 bridgehead atoms. The molecule has 0 aliphatic carbocycles. The van der Waals surface area contributed by atoms with Crippen molar-refractivity contribution in [3.05, 3.63) is 51.3 Å². The summed E-state index contributed by atoms with van der Waals surface area (Å²) in [5, 5.41) is 0. The number of sulfonamides is 1. The van der Waals surface area contributed by atoms with Gasteiger partial charge in [0.2, 0.25) is 10.0 Å². The van der Waals surface area contributed by atoms with E-state index in [1.165, 1.54) is 12.1 Å². The van der Waals surface area contributed by atoms with Gasteiger partial charge < -0.3 is 0 Å². The van der Waals surface area contributed by atoms with Crippen LogP contribution in [-0.2, 0) is 16.6 Å². The quantitative estimate of drug-likeness (QED) is 0.901. The van der Waals surface area contributed by atoms with Gasteiger partial charge in [0.25, 0.3) is 0 Å². The van der Waals surface area contributed by atoms with Crippen molar-refractivity contribution in [3.8, 4) is 0 Å². The number of thiophene rings is 1. The number of halogens is 3. The molecule has 0 amide bonds. The number of hydrogen-bond donors (Lipinski definition) is 1. The summed E-state index contributed by atoms with van der Waals surface area (Å²) < 4.78 is 52.9. The van der Waals surface area contributed by atoms with Crippen molar-refractivity contribution in [1.82, 2.24) is 4.72 Å². The lowest BCUT2D eigenvalue weighted by atomic mass is 10.2. The van der Waals surface area contributed by atoms with E-state index in [1.54, 1.807) is 6.07 Å². The van der Waals surface area contributed by atoms with Gasteiger partial charge in [-0.25, -0.2) is 21.9 Å². The van der Waals surface area contributed by atoms with Crippen LogP contribution in [0.25, 0.3) is 0 Å². The molecule has 2 aromatic rings. The van der Waals surface area contributed by atoms with Crippen molar-refractivity contribution in [1.29, 1.82) is 0 Å². The van der Waals surface area contributed by atoms with E-state index in [0.29, 0.717) is 9.85 Å². The minimum Gasteiger partial charge on any atom is -0.207 e. The Bertz CT molecular complexity index is 700. The van der Waals surface area contributed by atoms with E-state index >= 15 is 0 Å². The Labute approximate surface area is 121 Å². The second-order valence-electron chi connectivity index (χ2n) is 3.62. The molecule has 1 N–H and O–H groups in total. The van der Waals surface area contributed by atoms with Gasteiger partial charge >= 0.3 is 0 Å². The molecule has 1 aromatic heterocycles. The summed E-state index contributed by atoms with van der Waals surface area (Å²) in [5.74, 6) is -1.48. The van der Waals surface area contributed by atoms with Gasteiger partial charge in [0.15, 0.2) is 0 Å². The molecule has 0 unspecified atom stereocenters. The third-order valence-electron chi connectivity index (χ3n) is 2.28. The van der Waals surface area contributed by atoms with Crippen molar-refractivity contribution >= 4 is 37.3 Å². The Kier molecular flexibility index (Phi) is 4.34. The fourth-order valence-electron chi connectivity index (χ4n) is 1.35. The molecular weight excluding hydrogens is 360 g/mol. The summed E-state index contributed by atoms with van der Waals surface area (Å²) in [5.41, 5.74) is 0.0839. The molecule has 1 aromatic carbocycles. The first-order valence-electron chi connectivity index (χ1n) is 5.07. The van der Waals surface area contributed by atoms with Crippen LogP contribution in [0.1, 0.15) is 5.56 Å². The molecule has 0 aliphatic rings. The minimum absolute atomic E-state index is 0.0839. The first-order chi connectivity index (χ1) is 8.88. The molecule has 0 radical (unpaired) electrons. The highest BCUT2D eigenvalue weighted by molar-refractivity contribution is 9.11. The second kappa shape index (κ2) is 5.66. The molecule has 1 heterocycles. The molecule has 0 saturated carbocycles. The molecule has 2 rings (SSSR count). The van der Waals surface area contributed by atoms with Crippen LogP contribution < -0.4 is 4.72 Å². The third-order valence-corrected chi connectivity index (χ3v) is 5.80. The molecule has 19 heavy (non-hydrogen) atoms. The predicted octanol–water partition coefficient (Wildman–Crippen LogP) is 3.27. The topological polar surface area (TPSA) is 46.2 Å². The van der Waals surface area contributed by atoms with Gasteiger partial charge in [-0.15, -0.1) is 11.3 Å². The van der Waals surface area contributed by atoms with Crippen LogP contribution in [0.3, 0.4) is 0 Å². The monoisotopic (exact) mass is 367 g/mol. The van der Waals surface area contributed by atoms with Crippen LogP contribution in [-0.4, -0.2) is 8.42 Å². The molecule has 3 nitrogen and oxygen atoms in total. The van der Waals surface area contributed by atoms with E-state index in [9.17, 15) is 17.2 Å². The average molecular weight is 368 g/mol. The van der Waals surface area contributed by atoms with E-state index < -0.39 is 21.7 Å². The minimum atomic E-state index is -3.69. The smallest absolute Gasteiger partial charge is 0.207 e. The Morgan fingerprint density at radius 1 is 1.21 bits per heavy atom. The Hall–Kier alpha value is -0.830. The molecule has 0 atom stereocenters. The lowest BCUT2D eigenvalue weighted by molar-refractivity contribution is 0.563. The summed E-state index contributed by atoms with van der Waals surface area (Å²) in [6, 6.07) is 6.05. The zero-order valence-corrected chi connectivity index (χ0v) is 12.6. The van der Waals surface area contributed by atoms with Crippen LogP contribution in [0.5, 0.6) is 0 Å². The van der Waals surface area contributed by atoms with E-state index in [0.717, 1.165) is 17.4 Å². The van der Waals surface area contributed by atoms with E-state index in [1.807, 2.05) is 0 Å². The first kappa shape index (κ1) is 14.6. The molecule has 0 aliphatic heterocycles. The summed E-state index contributed by atoms with van der Waals surface area (Å²) in [7, 11) is -3.69. The zero-order chi connectivity index (χ0) is 14.0. The van der Waals surface area contributed by atoms with E-state index in [2.05, 4.69) is 20.7 Å². The largest absolute Gasteiger partial charge is 0.250 e. The van der Waals surface area contributed by atoms with Crippen molar-refractivity contribution in [2.75, 3.05) is 0 Å². The highest BCUT2D eigenvalue weighted by Gasteiger charge is 2.17.